The van der Waals surface area contributed by atoms with Gasteiger partial charge < -0.3 is 4.90 Å². The molecule has 2 rings (SSSR count). The van der Waals surface area contributed by atoms with E-state index in [-0.39, 0.29) is 0 Å². The number of aromatic nitrogens is 3. The van der Waals surface area contributed by atoms with Crippen molar-refractivity contribution in [3.05, 3.63) is 48.7 Å². The van der Waals surface area contributed by atoms with Gasteiger partial charge in [-0.3, -0.25) is 9.97 Å². The molecule has 0 saturated heterocycles. The van der Waals surface area contributed by atoms with E-state index in [9.17, 15) is 0 Å². The SMILES string of the molecule is CN(Cc1cnccn1)c1ccccn1. The van der Waals surface area contributed by atoms with Gasteiger partial charge in [0.25, 0.3) is 0 Å². The summed E-state index contributed by atoms with van der Waals surface area (Å²) >= 11 is 0. The predicted molar refractivity (Wildman–Crippen MR) is 58.4 cm³/mol. The van der Waals surface area contributed by atoms with E-state index in [1.807, 2.05) is 30.1 Å². The summed E-state index contributed by atoms with van der Waals surface area (Å²) in [5.74, 6) is 0.933. The van der Waals surface area contributed by atoms with Gasteiger partial charge in [-0.15, -0.1) is 0 Å². The fourth-order valence-electron chi connectivity index (χ4n) is 1.32. The molecule has 0 fully saturated rings. The van der Waals surface area contributed by atoms with Crippen molar-refractivity contribution >= 4 is 5.82 Å². The van der Waals surface area contributed by atoms with Crippen molar-refractivity contribution in [3.8, 4) is 0 Å². The molecule has 4 nitrogen and oxygen atoms in total. The molecular weight excluding hydrogens is 188 g/mol. The standard InChI is InChI=1S/C11H12N4/c1-15(11-4-2-3-5-14-11)9-10-8-12-6-7-13-10/h2-8H,9H2,1H3. The molecule has 0 radical (unpaired) electrons. The molecule has 15 heavy (non-hydrogen) atoms. The average Bonchev–Trinajstić information content (AvgIpc) is 2.31. The number of hydrogen-bond acceptors (Lipinski definition) is 4. The van der Waals surface area contributed by atoms with E-state index >= 15 is 0 Å². The highest BCUT2D eigenvalue weighted by Gasteiger charge is 2.02. The maximum atomic E-state index is 4.25. The normalized spacial score (nSPS) is 9.93. The van der Waals surface area contributed by atoms with Crippen molar-refractivity contribution < 1.29 is 0 Å². The molecule has 0 aromatic carbocycles. The Morgan fingerprint density at radius 1 is 1.13 bits per heavy atom. The molecule has 0 N–H and O–H groups in total. The average molecular weight is 200 g/mol. The van der Waals surface area contributed by atoms with Crippen molar-refractivity contribution in [3.63, 3.8) is 0 Å². The fourth-order valence-corrected chi connectivity index (χ4v) is 1.32. The molecule has 0 saturated carbocycles. The summed E-state index contributed by atoms with van der Waals surface area (Å²) in [6, 6.07) is 5.84. The minimum absolute atomic E-state index is 0.713. The third kappa shape index (κ3) is 2.49. The van der Waals surface area contributed by atoms with Crippen LogP contribution in [0.25, 0.3) is 0 Å². The van der Waals surface area contributed by atoms with Gasteiger partial charge in [0, 0.05) is 25.6 Å². The minimum Gasteiger partial charge on any atom is -0.354 e. The van der Waals surface area contributed by atoms with E-state index in [1.54, 1.807) is 24.8 Å². The van der Waals surface area contributed by atoms with Gasteiger partial charge in [0.1, 0.15) is 5.82 Å². The Balaban J connectivity index is 2.08. The van der Waals surface area contributed by atoms with E-state index in [1.165, 1.54) is 0 Å². The van der Waals surface area contributed by atoms with Crippen molar-refractivity contribution in [2.75, 3.05) is 11.9 Å². The number of rotatable bonds is 3. The molecule has 4 heteroatoms. The highest BCUT2D eigenvalue weighted by Crippen LogP contribution is 2.09. The maximum Gasteiger partial charge on any atom is 0.128 e. The zero-order chi connectivity index (χ0) is 10.5. The lowest BCUT2D eigenvalue weighted by molar-refractivity contribution is 0.856. The van der Waals surface area contributed by atoms with Crippen molar-refractivity contribution in [2.24, 2.45) is 0 Å². The molecule has 0 bridgehead atoms. The van der Waals surface area contributed by atoms with E-state index in [0.29, 0.717) is 6.54 Å². The molecule has 0 spiro atoms. The van der Waals surface area contributed by atoms with Crippen LogP contribution in [0.1, 0.15) is 5.69 Å². The molecule has 0 aliphatic carbocycles. The summed E-state index contributed by atoms with van der Waals surface area (Å²) in [6.45, 7) is 0.713. The number of pyridine rings is 1. The second-order valence-corrected chi connectivity index (χ2v) is 3.24. The molecule has 0 amide bonds. The molecule has 2 aromatic rings. The van der Waals surface area contributed by atoms with Crippen LogP contribution in [0.15, 0.2) is 43.0 Å². The van der Waals surface area contributed by atoms with Crippen LogP contribution in [0.5, 0.6) is 0 Å². The van der Waals surface area contributed by atoms with Gasteiger partial charge in [-0.2, -0.15) is 0 Å². The predicted octanol–water partition coefficient (Wildman–Crippen LogP) is 1.51. The number of anilines is 1. The van der Waals surface area contributed by atoms with Gasteiger partial charge in [0.05, 0.1) is 18.4 Å². The lowest BCUT2D eigenvalue weighted by Crippen LogP contribution is -2.18. The van der Waals surface area contributed by atoms with Crippen LogP contribution < -0.4 is 4.90 Å². The lowest BCUT2D eigenvalue weighted by Gasteiger charge is -2.16. The first-order chi connectivity index (χ1) is 7.36. The highest BCUT2D eigenvalue weighted by atomic mass is 15.2. The summed E-state index contributed by atoms with van der Waals surface area (Å²) in [6.07, 6.45) is 6.91. The van der Waals surface area contributed by atoms with Gasteiger partial charge in [0.2, 0.25) is 0 Å². The molecule has 0 aliphatic rings. The number of nitrogens with zero attached hydrogens (tertiary/aromatic N) is 4. The van der Waals surface area contributed by atoms with E-state index in [0.717, 1.165) is 11.5 Å². The van der Waals surface area contributed by atoms with E-state index in [4.69, 9.17) is 0 Å². The van der Waals surface area contributed by atoms with Crippen LogP contribution in [-0.2, 0) is 6.54 Å². The Labute approximate surface area is 88.6 Å². The maximum absolute atomic E-state index is 4.25. The second-order valence-electron chi connectivity index (χ2n) is 3.24. The van der Waals surface area contributed by atoms with Crippen LogP contribution >= 0.6 is 0 Å². The molecule has 2 heterocycles. The van der Waals surface area contributed by atoms with Gasteiger partial charge in [-0.25, -0.2) is 4.98 Å². The fraction of sp³-hybridized carbons (Fsp3) is 0.182. The van der Waals surface area contributed by atoms with Crippen LogP contribution in [-0.4, -0.2) is 22.0 Å². The van der Waals surface area contributed by atoms with Gasteiger partial charge >= 0.3 is 0 Å². The van der Waals surface area contributed by atoms with Gasteiger partial charge in [0.15, 0.2) is 0 Å². The highest BCUT2D eigenvalue weighted by molar-refractivity contribution is 5.36. The van der Waals surface area contributed by atoms with Crippen LogP contribution in [0, 0.1) is 0 Å². The van der Waals surface area contributed by atoms with E-state index < -0.39 is 0 Å². The molecule has 0 aliphatic heterocycles. The summed E-state index contributed by atoms with van der Waals surface area (Å²) in [4.78, 5) is 14.5. The lowest BCUT2D eigenvalue weighted by atomic mass is 10.4. The van der Waals surface area contributed by atoms with Crippen LogP contribution in [0.2, 0.25) is 0 Å². The summed E-state index contributed by atoms with van der Waals surface area (Å²) in [5, 5.41) is 0. The minimum atomic E-state index is 0.713. The topological polar surface area (TPSA) is 41.9 Å². The Morgan fingerprint density at radius 2 is 2.07 bits per heavy atom. The molecule has 0 atom stereocenters. The van der Waals surface area contributed by atoms with Crippen molar-refractivity contribution in [1.29, 1.82) is 0 Å². The molecule has 0 unspecified atom stereocenters. The quantitative estimate of drug-likeness (QED) is 0.753. The number of hydrogen-bond donors (Lipinski definition) is 0. The first-order valence-corrected chi connectivity index (χ1v) is 4.73. The summed E-state index contributed by atoms with van der Waals surface area (Å²) in [5.41, 5.74) is 0.936. The molecular formula is C11H12N4. The summed E-state index contributed by atoms with van der Waals surface area (Å²) < 4.78 is 0. The third-order valence-electron chi connectivity index (χ3n) is 2.06. The first kappa shape index (κ1) is 9.58. The Bertz CT molecular complexity index is 401. The Hall–Kier alpha value is -1.97. The molecule has 76 valence electrons. The van der Waals surface area contributed by atoms with Gasteiger partial charge in [-0.1, -0.05) is 6.07 Å². The Kier molecular flexibility index (Phi) is 2.88. The van der Waals surface area contributed by atoms with Crippen molar-refractivity contribution in [1.82, 2.24) is 15.0 Å². The molecule has 2 aromatic heterocycles. The zero-order valence-electron chi connectivity index (χ0n) is 8.54. The van der Waals surface area contributed by atoms with Crippen molar-refractivity contribution in [2.45, 2.75) is 6.54 Å². The first-order valence-electron chi connectivity index (χ1n) is 4.73. The zero-order valence-corrected chi connectivity index (χ0v) is 8.54. The second kappa shape index (κ2) is 4.50. The van der Waals surface area contributed by atoms with Gasteiger partial charge in [-0.05, 0) is 12.1 Å². The third-order valence-corrected chi connectivity index (χ3v) is 2.06. The van der Waals surface area contributed by atoms with Crippen LogP contribution in [0.3, 0.4) is 0 Å². The Morgan fingerprint density at radius 3 is 2.73 bits per heavy atom. The van der Waals surface area contributed by atoms with Crippen LogP contribution in [0.4, 0.5) is 5.82 Å². The monoisotopic (exact) mass is 200 g/mol. The van der Waals surface area contributed by atoms with E-state index in [2.05, 4.69) is 15.0 Å². The largest absolute Gasteiger partial charge is 0.354 e. The smallest absolute Gasteiger partial charge is 0.128 e. The summed E-state index contributed by atoms with van der Waals surface area (Å²) in [7, 11) is 1.98.